The number of halogens is 2. The second-order valence-electron chi connectivity index (χ2n) is 5.41. The van der Waals surface area contributed by atoms with E-state index in [2.05, 4.69) is 10.6 Å². The molecule has 0 saturated carbocycles. The van der Waals surface area contributed by atoms with Crippen LogP contribution in [0.2, 0.25) is 0 Å². The summed E-state index contributed by atoms with van der Waals surface area (Å²) in [6, 6.07) is 2.60. The third-order valence-electron chi connectivity index (χ3n) is 4.25. The molecule has 0 aliphatic carbocycles. The minimum atomic E-state index is -0.506. The van der Waals surface area contributed by atoms with Gasteiger partial charge in [0.1, 0.15) is 11.6 Å². The molecule has 2 N–H and O–H groups in total. The summed E-state index contributed by atoms with van der Waals surface area (Å²) in [7, 11) is 0. The molecule has 0 radical (unpaired) electrons. The van der Waals surface area contributed by atoms with Crippen LogP contribution in [-0.2, 0) is 0 Å². The van der Waals surface area contributed by atoms with Gasteiger partial charge in [0, 0.05) is 29.3 Å². The third-order valence-corrected chi connectivity index (χ3v) is 4.25. The van der Waals surface area contributed by atoms with Gasteiger partial charge in [-0.2, -0.15) is 0 Å². The van der Waals surface area contributed by atoms with E-state index in [0.29, 0.717) is 17.2 Å². The molecule has 0 spiro atoms. The van der Waals surface area contributed by atoms with Gasteiger partial charge in [-0.05, 0) is 37.9 Å². The number of rotatable bonds is 1. The lowest BCUT2D eigenvalue weighted by molar-refractivity contribution is 0.319. The summed E-state index contributed by atoms with van der Waals surface area (Å²) < 4.78 is 27.1. The zero-order valence-electron chi connectivity index (χ0n) is 10.5. The zero-order chi connectivity index (χ0) is 12.7. The standard InChI is InChI=1S/C14H18F2N2/c1-8-13-11(16)5-10(15)6-12(13)18-14(8)9-3-2-4-17-7-9/h5-6,8-9,14,17-18H,2-4,7H2,1H3. The highest BCUT2D eigenvalue weighted by Gasteiger charge is 2.37. The van der Waals surface area contributed by atoms with Crippen molar-refractivity contribution in [2.75, 3.05) is 18.4 Å². The highest BCUT2D eigenvalue weighted by molar-refractivity contribution is 5.60. The second-order valence-corrected chi connectivity index (χ2v) is 5.41. The molecule has 2 aliphatic rings. The van der Waals surface area contributed by atoms with E-state index in [1.807, 2.05) is 6.92 Å². The molecule has 3 unspecified atom stereocenters. The second kappa shape index (κ2) is 4.50. The Morgan fingerprint density at radius 1 is 1.28 bits per heavy atom. The van der Waals surface area contributed by atoms with E-state index in [1.54, 1.807) is 0 Å². The molecule has 1 aromatic rings. The van der Waals surface area contributed by atoms with Crippen LogP contribution < -0.4 is 10.6 Å². The molecule has 1 fully saturated rings. The van der Waals surface area contributed by atoms with Crippen molar-refractivity contribution in [2.45, 2.75) is 31.7 Å². The van der Waals surface area contributed by atoms with E-state index in [1.165, 1.54) is 6.07 Å². The molecule has 1 aromatic carbocycles. The first kappa shape index (κ1) is 11.9. The van der Waals surface area contributed by atoms with Crippen molar-refractivity contribution < 1.29 is 8.78 Å². The molecular formula is C14H18F2N2. The van der Waals surface area contributed by atoms with Gasteiger partial charge in [0.2, 0.25) is 0 Å². The molecule has 18 heavy (non-hydrogen) atoms. The Balaban J connectivity index is 1.88. The molecule has 1 saturated heterocycles. The van der Waals surface area contributed by atoms with E-state index in [-0.39, 0.29) is 12.0 Å². The summed E-state index contributed by atoms with van der Waals surface area (Å²) >= 11 is 0. The van der Waals surface area contributed by atoms with Gasteiger partial charge in [-0.1, -0.05) is 6.92 Å². The number of anilines is 1. The highest BCUT2D eigenvalue weighted by Crippen LogP contribution is 2.41. The minimum Gasteiger partial charge on any atom is -0.381 e. The maximum absolute atomic E-state index is 13.8. The molecule has 0 amide bonds. The predicted molar refractivity (Wildman–Crippen MR) is 67.8 cm³/mol. The van der Waals surface area contributed by atoms with Gasteiger partial charge in [-0.15, -0.1) is 0 Å². The summed E-state index contributed by atoms with van der Waals surface area (Å²) in [6.07, 6.45) is 2.30. The average molecular weight is 252 g/mol. The molecule has 0 bridgehead atoms. The number of piperidine rings is 1. The van der Waals surface area contributed by atoms with Crippen molar-refractivity contribution in [2.24, 2.45) is 5.92 Å². The van der Waals surface area contributed by atoms with E-state index < -0.39 is 11.6 Å². The molecule has 3 atom stereocenters. The Kier molecular flexibility index (Phi) is 2.98. The van der Waals surface area contributed by atoms with Crippen molar-refractivity contribution in [3.63, 3.8) is 0 Å². The topological polar surface area (TPSA) is 24.1 Å². The molecule has 2 heterocycles. The first-order valence-electron chi connectivity index (χ1n) is 6.63. The van der Waals surface area contributed by atoms with E-state index in [9.17, 15) is 8.78 Å². The monoisotopic (exact) mass is 252 g/mol. The van der Waals surface area contributed by atoms with Crippen LogP contribution in [0.1, 0.15) is 31.2 Å². The number of fused-ring (bicyclic) bond motifs is 1. The zero-order valence-corrected chi connectivity index (χ0v) is 10.5. The lowest BCUT2D eigenvalue weighted by atomic mass is 9.84. The highest BCUT2D eigenvalue weighted by atomic mass is 19.1. The quantitative estimate of drug-likeness (QED) is 0.803. The van der Waals surface area contributed by atoms with Crippen molar-refractivity contribution >= 4 is 5.69 Å². The van der Waals surface area contributed by atoms with Crippen LogP contribution in [0.4, 0.5) is 14.5 Å². The third kappa shape index (κ3) is 1.88. The lowest BCUT2D eigenvalue weighted by Gasteiger charge is -2.31. The average Bonchev–Trinajstić information content (AvgIpc) is 2.67. The fraction of sp³-hybridized carbons (Fsp3) is 0.571. The van der Waals surface area contributed by atoms with Crippen molar-refractivity contribution in [3.8, 4) is 0 Å². The van der Waals surface area contributed by atoms with Gasteiger partial charge in [-0.3, -0.25) is 0 Å². The Bertz CT molecular complexity index is 455. The maximum Gasteiger partial charge on any atom is 0.131 e. The smallest absolute Gasteiger partial charge is 0.131 e. The van der Waals surface area contributed by atoms with Gasteiger partial charge >= 0.3 is 0 Å². The van der Waals surface area contributed by atoms with Crippen LogP contribution in [0, 0.1) is 17.6 Å². The van der Waals surface area contributed by atoms with Crippen molar-refractivity contribution in [1.29, 1.82) is 0 Å². The first-order valence-corrected chi connectivity index (χ1v) is 6.63. The molecule has 4 heteroatoms. The Labute approximate surface area is 106 Å². The van der Waals surface area contributed by atoms with Crippen LogP contribution in [-0.4, -0.2) is 19.1 Å². The van der Waals surface area contributed by atoms with Crippen molar-refractivity contribution in [1.82, 2.24) is 5.32 Å². The maximum atomic E-state index is 13.8. The van der Waals surface area contributed by atoms with E-state index in [4.69, 9.17) is 0 Å². The fourth-order valence-electron chi connectivity index (χ4n) is 3.36. The van der Waals surface area contributed by atoms with E-state index >= 15 is 0 Å². The Morgan fingerprint density at radius 2 is 2.11 bits per heavy atom. The molecule has 2 aliphatic heterocycles. The first-order chi connectivity index (χ1) is 8.66. The summed E-state index contributed by atoms with van der Waals surface area (Å²) in [6.45, 7) is 4.05. The van der Waals surface area contributed by atoms with Gasteiger partial charge < -0.3 is 10.6 Å². The van der Waals surface area contributed by atoms with Crippen LogP contribution in [0.5, 0.6) is 0 Å². The van der Waals surface area contributed by atoms with Crippen LogP contribution in [0.3, 0.4) is 0 Å². The van der Waals surface area contributed by atoms with Crippen LogP contribution in [0.25, 0.3) is 0 Å². The predicted octanol–water partition coefficient (Wildman–Crippen LogP) is 2.86. The Hall–Kier alpha value is -1.16. The molecule has 2 nitrogen and oxygen atoms in total. The summed E-state index contributed by atoms with van der Waals surface area (Å²) in [5, 5.41) is 6.69. The summed E-state index contributed by atoms with van der Waals surface area (Å²) in [5.74, 6) is -0.334. The number of benzene rings is 1. The van der Waals surface area contributed by atoms with Gasteiger partial charge in [-0.25, -0.2) is 8.78 Å². The largest absolute Gasteiger partial charge is 0.381 e. The molecule has 98 valence electrons. The molecule has 0 aromatic heterocycles. The van der Waals surface area contributed by atoms with Gasteiger partial charge in [0.05, 0.1) is 0 Å². The lowest BCUT2D eigenvalue weighted by Crippen LogP contribution is -2.40. The summed E-state index contributed by atoms with van der Waals surface area (Å²) in [5.41, 5.74) is 1.28. The minimum absolute atomic E-state index is 0.102. The number of hydrogen-bond donors (Lipinski definition) is 2. The number of hydrogen-bond acceptors (Lipinski definition) is 2. The Morgan fingerprint density at radius 3 is 2.83 bits per heavy atom. The number of nitrogens with one attached hydrogen (secondary N) is 2. The van der Waals surface area contributed by atoms with E-state index in [0.717, 1.165) is 32.0 Å². The van der Waals surface area contributed by atoms with Gasteiger partial charge in [0.15, 0.2) is 0 Å². The molecule has 3 rings (SSSR count). The molecular weight excluding hydrogens is 234 g/mol. The summed E-state index contributed by atoms with van der Waals surface area (Å²) in [4.78, 5) is 0. The fourth-order valence-corrected chi connectivity index (χ4v) is 3.36. The van der Waals surface area contributed by atoms with Crippen molar-refractivity contribution in [3.05, 3.63) is 29.3 Å². The van der Waals surface area contributed by atoms with Crippen LogP contribution >= 0.6 is 0 Å². The normalized spacial score (nSPS) is 30.9. The van der Waals surface area contributed by atoms with Crippen LogP contribution in [0.15, 0.2) is 12.1 Å². The van der Waals surface area contributed by atoms with Gasteiger partial charge in [0.25, 0.3) is 0 Å². The SMILES string of the molecule is CC1c2c(F)cc(F)cc2NC1C1CCCNC1.